The molecule has 2 N–H and O–H groups in total. The van der Waals surface area contributed by atoms with Crippen LogP contribution in [0.25, 0.3) is 10.9 Å². The van der Waals surface area contributed by atoms with Crippen LogP contribution in [0.3, 0.4) is 0 Å². The van der Waals surface area contributed by atoms with Crippen molar-refractivity contribution in [2.24, 2.45) is 0 Å². The van der Waals surface area contributed by atoms with Crippen LogP contribution >= 0.6 is 0 Å². The summed E-state index contributed by atoms with van der Waals surface area (Å²) in [6, 6.07) is 2.48. The van der Waals surface area contributed by atoms with Crippen molar-refractivity contribution in [3.05, 3.63) is 33.5 Å². The maximum absolute atomic E-state index is 11.1. The molecule has 0 unspecified atom stereocenters. The number of non-ortho nitro benzene ring substituents is 1. The Labute approximate surface area is 101 Å². The summed E-state index contributed by atoms with van der Waals surface area (Å²) in [4.78, 5) is 24.2. The minimum absolute atomic E-state index is 0.0204. The third kappa shape index (κ3) is 1.65. The molecule has 1 heterocycles. The molecule has 0 fully saturated rings. The number of H-pyrrole nitrogens is 1. The van der Waals surface area contributed by atoms with Gasteiger partial charge >= 0.3 is 5.97 Å². The van der Waals surface area contributed by atoms with Gasteiger partial charge in [-0.05, 0) is 6.92 Å². The van der Waals surface area contributed by atoms with Crippen molar-refractivity contribution in [1.29, 1.82) is 0 Å². The van der Waals surface area contributed by atoms with Gasteiger partial charge in [0.2, 0.25) is 0 Å². The van der Waals surface area contributed by atoms with E-state index in [2.05, 4.69) is 4.98 Å². The number of methoxy groups -OCH3 is 1. The van der Waals surface area contributed by atoms with Crippen LogP contribution in [-0.2, 0) is 0 Å². The molecule has 0 spiro atoms. The molecule has 1 aromatic heterocycles. The smallest absolute Gasteiger partial charge is 0.338 e. The number of benzene rings is 1. The minimum atomic E-state index is -1.14. The normalized spacial score (nSPS) is 10.6. The molecule has 0 amide bonds. The lowest BCUT2D eigenvalue weighted by molar-refractivity contribution is -0.384. The van der Waals surface area contributed by atoms with E-state index in [1.165, 1.54) is 19.2 Å². The third-order valence-corrected chi connectivity index (χ3v) is 2.69. The second-order valence-electron chi connectivity index (χ2n) is 3.76. The van der Waals surface area contributed by atoms with E-state index < -0.39 is 10.9 Å². The molecule has 1 aromatic carbocycles. The first-order chi connectivity index (χ1) is 8.45. The number of aromatic carboxylic acids is 1. The Morgan fingerprint density at radius 2 is 2.17 bits per heavy atom. The van der Waals surface area contributed by atoms with Crippen LogP contribution in [0.4, 0.5) is 5.69 Å². The lowest BCUT2D eigenvalue weighted by Gasteiger charge is -2.02. The van der Waals surface area contributed by atoms with Crippen molar-refractivity contribution < 1.29 is 19.6 Å². The molecule has 0 radical (unpaired) electrons. The number of nitrogens with zero attached hydrogens (tertiary/aromatic N) is 1. The number of aromatic amines is 1. The molecule has 0 saturated carbocycles. The Balaban J connectivity index is 2.89. The summed E-state index contributed by atoms with van der Waals surface area (Å²) in [6.07, 6.45) is 0. The van der Waals surface area contributed by atoms with E-state index in [9.17, 15) is 14.9 Å². The summed E-state index contributed by atoms with van der Waals surface area (Å²) in [5, 5.41) is 20.2. The second-order valence-corrected chi connectivity index (χ2v) is 3.76. The van der Waals surface area contributed by atoms with Gasteiger partial charge < -0.3 is 14.8 Å². The fourth-order valence-corrected chi connectivity index (χ4v) is 1.92. The number of carboxylic acid groups (broad SMARTS) is 1. The number of ether oxygens (including phenoxy) is 1. The highest BCUT2D eigenvalue weighted by Gasteiger charge is 2.21. The van der Waals surface area contributed by atoms with Gasteiger partial charge in [0, 0.05) is 17.1 Å². The first-order valence-corrected chi connectivity index (χ1v) is 5.03. The molecule has 0 bridgehead atoms. The molecule has 7 heteroatoms. The molecule has 0 aliphatic rings. The predicted molar refractivity (Wildman–Crippen MR) is 63.2 cm³/mol. The van der Waals surface area contributed by atoms with Crippen LogP contribution in [0.15, 0.2) is 12.1 Å². The van der Waals surface area contributed by atoms with Gasteiger partial charge in [-0.1, -0.05) is 0 Å². The van der Waals surface area contributed by atoms with Gasteiger partial charge in [-0.2, -0.15) is 0 Å². The number of hydrogen-bond donors (Lipinski definition) is 2. The van der Waals surface area contributed by atoms with E-state index in [0.717, 1.165) is 0 Å². The number of aryl methyl sites for hydroxylation is 1. The van der Waals surface area contributed by atoms with Gasteiger partial charge in [0.1, 0.15) is 5.75 Å². The SMILES string of the molecule is COc1cc([N+](=O)[O-])cc2c(C(=O)O)c(C)[nH]c12. The van der Waals surface area contributed by atoms with Crippen LogP contribution < -0.4 is 4.74 Å². The standard InChI is InChI=1S/C11H10N2O5/c1-5-9(11(14)15)7-3-6(13(16)17)4-8(18-2)10(7)12-5/h3-4,12H,1-2H3,(H,14,15). The number of carboxylic acids is 1. The third-order valence-electron chi connectivity index (χ3n) is 2.69. The van der Waals surface area contributed by atoms with Gasteiger partial charge in [0.15, 0.2) is 0 Å². The van der Waals surface area contributed by atoms with Gasteiger partial charge in [-0.15, -0.1) is 0 Å². The van der Waals surface area contributed by atoms with Crippen molar-refractivity contribution in [3.63, 3.8) is 0 Å². The van der Waals surface area contributed by atoms with E-state index in [-0.39, 0.29) is 22.4 Å². The van der Waals surface area contributed by atoms with Crippen molar-refractivity contribution in [1.82, 2.24) is 4.98 Å². The van der Waals surface area contributed by atoms with Gasteiger partial charge in [0.25, 0.3) is 5.69 Å². The Morgan fingerprint density at radius 1 is 1.50 bits per heavy atom. The molecule has 18 heavy (non-hydrogen) atoms. The summed E-state index contributed by atoms with van der Waals surface area (Å²) >= 11 is 0. The molecule has 94 valence electrons. The number of nitro benzene ring substituents is 1. The summed E-state index contributed by atoms with van der Waals surface area (Å²) in [5.41, 5.74) is 0.683. The topological polar surface area (TPSA) is 105 Å². The molecule has 0 atom stereocenters. The van der Waals surface area contributed by atoms with Crippen LogP contribution in [-0.4, -0.2) is 28.1 Å². The Morgan fingerprint density at radius 3 is 2.67 bits per heavy atom. The maximum atomic E-state index is 11.1. The molecular formula is C11H10N2O5. The van der Waals surface area contributed by atoms with Crippen molar-refractivity contribution >= 4 is 22.6 Å². The number of nitrogens with one attached hydrogen (secondary N) is 1. The average molecular weight is 250 g/mol. The average Bonchev–Trinajstić information content (AvgIpc) is 2.63. The number of aromatic nitrogens is 1. The minimum Gasteiger partial charge on any atom is -0.494 e. The Kier molecular flexibility index (Phi) is 2.66. The molecule has 2 rings (SSSR count). The summed E-state index contributed by atoms with van der Waals surface area (Å²) in [6.45, 7) is 1.59. The first-order valence-electron chi connectivity index (χ1n) is 5.03. The van der Waals surface area contributed by atoms with Gasteiger partial charge in [-0.3, -0.25) is 10.1 Å². The first kappa shape index (κ1) is 11.9. The molecule has 0 aliphatic heterocycles. The van der Waals surface area contributed by atoms with E-state index in [0.29, 0.717) is 11.2 Å². The number of nitro groups is 1. The van der Waals surface area contributed by atoms with E-state index in [1.54, 1.807) is 6.92 Å². The molecule has 7 nitrogen and oxygen atoms in total. The molecule has 2 aromatic rings. The number of fused-ring (bicyclic) bond motifs is 1. The molecule has 0 aliphatic carbocycles. The van der Waals surface area contributed by atoms with Gasteiger partial charge in [0.05, 0.1) is 29.2 Å². The maximum Gasteiger partial charge on any atom is 0.338 e. The number of carbonyl (C=O) groups is 1. The van der Waals surface area contributed by atoms with Crippen LogP contribution in [0.5, 0.6) is 5.75 Å². The summed E-state index contributed by atoms with van der Waals surface area (Å²) in [5.74, 6) is -0.892. The Bertz CT molecular complexity index is 659. The highest BCUT2D eigenvalue weighted by atomic mass is 16.6. The van der Waals surface area contributed by atoms with Gasteiger partial charge in [-0.25, -0.2) is 4.79 Å². The number of rotatable bonds is 3. The largest absolute Gasteiger partial charge is 0.494 e. The quantitative estimate of drug-likeness (QED) is 0.640. The predicted octanol–water partition coefficient (Wildman–Crippen LogP) is 2.09. The monoisotopic (exact) mass is 250 g/mol. The summed E-state index contributed by atoms with van der Waals surface area (Å²) in [7, 11) is 1.37. The zero-order valence-corrected chi connectivity index (χ0v) is 9.68. The highest BCUT2D eigenvalue weighted by molar-refractivity contribution is 6.07. The van der Waals surface area contributed by atoms with Crippen LogP contribution in [0, 0.1) is 17.0 Å². The van der Waals surface area contributed by atoms with E-state index in [1.807, 2.05) is 0 Å². The fraction of sp³-hybridized carbons (Fsp3) is 0.182. The van der Waals surface area contributed by atoms with Crippen LogP contribution in [0.2, 0.25) is 0 Å². The zero-order valence-electron chi connectivity index (χ0n) is 9.68. The zero-order chi connectivity index (χ0) is 13.4. The molecular weight excluding hydrogens is 240 g/mol. The van der Waals surface area contributed by atoms with E-state index in [4.69, 9.17) is 9.84 Å². The van der Waals surface area contributed by atoms with E-state index >= 15 is 0 Å². The fourth-order valence-electron chi connectivity index (χ4n) is 1.92. The van der Waals surface area contributed by atoms with Crippen molar-refractivity contribution in [3.8, 4) is 5.75 Å². The molecule has 0 saturated heterocycles. The van der Waals surface area contributed by atoms with Crippen molar-refractivity contribution in [2.45, 2.75) is 6.92 Å². The number of hydrogen-bond acceptors (Lipinski definition) is 4. The lowest BCUT2D eigenvalue weighted by atomic mass is 10.1. The van der Waals surface area contributed by atoms with Crippen molar-refractivity contribution in [2.75, 3.05) is 7.11 Å². The highest BCUT2D eigenvalue weighted by Crippen LogP contribution is 2.33. The Hall–Kier alpha value is -2.57. The second kappa shape index (κ2) is 4.02. The summed E-state index contributed by atoms with van der Waals surface area (Å²) < 4.78 is 5.04. The lowest BCUT2D eigenvalue weighted by Crippen LogP contribution is -1.97. The van der Waals surface area contributed by atoms with Crippen LogP contribution in [0.1, 0.15) is 16.1 Å².